The van der Waals surface area contributed by atoms with Gasteiger partial charge in [-0.1, -0.05) is 133 Å². The van der Waals surface area contributed by atoms with Crippen LogP contribution in [0.5, 0.6) is 0 Å². The molecule has 332 valence electrons. The van der Waals surface area contributed by atoms with E-state index in [1.807, 2.05) is 133 Å². The van der Waals surface area contributed by atoms with Gasteiger partial charge in [-0.25, -0.2) is 15.0 Å². The first-order valence-corrected chi connectivity index (χ1v) is 23.1. The van der Waals surface area contributed by atoms with Crippen molar-refractivity contribution in [2.45, 2.75) is 19.9 Å². The Hall–Kier alpha value is -10.2. The zero-order valence-corrected chi connectivity index (χ0v) is 38.4. The van der Waals surface area contributed by atoms with Crippen molar-refractivity contribution in [1.82, 2.24) is 19.3 Å². The fourth-order valence-electron chi connectivity index (χ4n) is 9.39. The number of fused-ring (bicyclic) bond motifs is 4. The maximum atomic E-state index is 9.71. The highest BCUT2D eigenvalue weighted by Crippen LogP contribution is 2.40. The van der Waals surface area contributed by atoms with E-state index >= 15 is 0 Å². The van der Waals surface area contributed by atoms with Gasteiger partial charge in [0.05, 0.1) is 75.8 Å². The minimum Gasteiger partial charge on any atom is -0.321 e. The van der Waals surface area contributed by atoms with Crippen LogP contribution in [0.4, 0.5) is 5.69 Å². The fourth-order valence-corrected chi connectivity index (χ4v) is 9.39. The molecule has 9 aromatic rings. The molecule has 0 bridgehead atoms. The first-order chi connectivity index (χ1) is 34.9. The summed E-state index contributed by atoms with van der Waals surface area (Å²) < 4.78 is 2.12. The summed E-state index contributed by atoms with van der Waals surface area (Å²) in [6.07, 6.45) is 8.36. The van der Waals surface area contributed by atoms with Gasteiger partial charge in [0.2, 0.25) is 0 Å². The molecule has 11 rings (SSSR count). The number of allylic oxidation sites excluding steroid dienone is 7. The van der Waals surface area contributed by atoms with Gasteiger partial charge < -0.3 is 4.90 Å². The third-order valence-electron chi connectivity index (χ3n) is 13.0. The van der Waals surface area contributed by atoms with E-state index in [1.54, 1.807) is 0 Å². The van der Waals surface area contributed by atoms with Gasteiger partial charge in [0.1, 0.15) is 17.3 Å². The number of imidazole rings is 1. The summed E-state index contributed by atoms with van der Waals surface area (Å²) in [6.45, 7) is 2.66. The molecular weight excluding hydrogens is 871 g/mol. The number of aliphatic imine (C=N–C) groups is 1. The van der Waals surface area contributed by atoms with E-state index in [0.29, 0.717) is 41.1 Å². The lowest BCUT2D eigenvalue weighted by Gasteiger charge is -2.34. The van der Waals surface area contributed by atoms with Crippen molar-refractivity contribution >= 4 is 44.9 Å². The normalized spacial score (nSPS) is 13.4. The molecule has 9 heteroatoms. The van der Waals surface area contributed by atoms with Gasteiger partial charge in [-0.15, -0.1) is 0 Å². The van der Waals surface area contributed by atoms with E-state index in [4.69, 9.17) is 15.0 Å². The summed E-state index contributed by atoms with van der Waals surface area (Å²) in [6, 6.07) is 65.0. The molecular formula is C62H39N9. The molecule has 1 aliphatic carbocycles. The van der Waals surface area contributed by atoms with Crippen molar-refractivity contribution < 1.29 is 0 Å². The lowest BCUT2D eigenvalue weighted by atomic mass is 9.96. The Balaban J connectivity index is 0.999. The zero-order valence-electron chi connectivity index (χ0n) is 38.4. The second kappa shape index (κ2) is 18.5. The molecule has 0 saturated heterocycles. The largest absolute Gasteiger partial charge is 0.321 e. The van der Waals surface area contributed by atoms with E-state index in [-0.39, 0.29) is 0 Å². The third kappa shape index (κ3) is 8.13. The Morgan fingerprint density at radius 1 is 0.535 bits per heavy atom. The van der Waals surface area contributed by atoms with Gasteiger partial charge in [0, 0.05) is 27.6 Å². The molecule has 0 unspecified atom stereocenters. The first-order valence-electron chi connectivity index (χ1n) is 23.1. The molecule has 0 N–H and O–H groups in total. The minimum absolute atomic E-state index is 0.557. The molecule has 0 saturated carbocycles. The molecule has 0 radical (unpaired) electrons. The smallest absolute Gasteiger partial charge is 0.149 e. The van der Waals surface area contributed by atoms with E-state index in [9.17, 15) is 21.0 Å². The van der Waals surface area contributed by atoms with Crippen LogP contribution in [0.15, 0.2) is 205 Å². The van der Waals surface area contributed by atoms with Crippen LogP contribution in [0.2, 0.25) is 0 Å². The van der Waals surface area contributed by atoms with Crippen molar-refractivity contribution in [1.29, 1.82) is 21.0 Å². The molecule has 71 heavy (non-hydrogen) atoms. The van der Waals surface area contributed by atoms with Crippen molar-refractivity contribution in [3.05, 3.63) is 244 Å². The summed E-state index contributed by atoms with van der Waals surface area (Å²) in [7, 11) is 0. The monoisotopic (exact) mass is 909 g/mol. The van der Waals surface area contributed by atoms with Crippen LogP contribution in [-0.4, -0.2) is 25.1 Å². The Kier molecular flexibility index (Phi) is 11.3. The van der Waals surface area contributed by atoms with E-state index in [1.165, 1.54) is 0 Å². The Morgan fingerprint density at radius 3 is 1.77 bits per heavy atom. The zero-order chi connectivity index (χ0) is 48.4. The number of hydrogen-bond donors (Lipinski definition) is 0. The number of aromatic nitrogens is 3. The average molecular weight is 910 g/mol. The lowest BCUT2D eigenvalue weighted by molar-refractivity contribution is 0.570. The van der Waals surface area contributed by atoms with Crippen molar-refractivity contribution in [3.63, 3.8) is 0 Å². The summed E-state index contributed by atoms with van der Waals surface area (Å²) in [5.41, 5.74) is 17.0. The first kappa shape index (κ1) is 43.4. The molecule has 0 atom stereocenters. The summed E-state index contributed by atoms with van der Waals surface area (Å²) in [4.78, 5) is 18.2. The highest BCUT2D eigenvalue weighted by atomic mass is 15.2. The van der Waals surface area contributed by atoms with E-state index in [2.05, 4.69) is 101 Å². The maximum Gasteiger partial charge on any atom is 0.149 e. The van der Waals surface area contributed by atoms with Gasteiger partial charge in [-0.05, 0) is 113 Å². The number of amidine groups is 1. The second-order valence-electron chi connectivity index (χ2n) is 17.3. The second-order valence-corrected chi connectivity index (χ2v) is 17.3. The van der Waals surface area contributed by atoms with Gasteiger partial charge in [-0.3, -0.25) is 4.40 Å². The predicted octanol–water partition coefficient (Wildman–Crippen LogP) is 13.8. The molecule has 2 aromatic heterocycles. The van der Waals surface area contributed by atoms with Gasteiger partial charge >= 0.3 is 0 Å². The summed E-state index contributed by atoms with van der Waals surface area (Å²) in [5.74, 6) is 1.50. The number of rotatable bonds is 8. The summed E-state index contributed by atoms with van der Waals surface area (Å²) in [5, 5.41) is 39.5. The molecule has 9 nitrogen and oxygen atoms in total. The molecule has 3 heterocycles. The van der Waals surface area contributed by atoms with Gasteiger partial charge in [0.15, 0.2) is 0 Å². The molecule has 0 spiro atoms. The third-order valence-corrected chi connectivity index (χ3v) is 13.0. The SMILES string of the molecule is C/C(=C(/c1ccc(C#N)cc1)N1Cc2ccccc2N=C1c1ccc(-c2ccc(-c3nc4ccccc4c4nc(C5=CCC=C(C#N)C=C5)c(-c5ccc(C#N)cc5)n34)cc2)cc1)c1ccc(C#N)cc1. The highest BCUT2D eigenvalue weighted by Gasteiger charge is 2.28. The van der Waals surface area contributed by atoms with Crippen LogP contribution in [0.25, 0.3) is 67.2 Å². The quantitative estimate of drug-likeness (QED) is 0.138. The van der Waals surface area contributed by atoms with E-state index in [0.717, 1.165) is 101 Å². The van der Waals surface area contributed by atoms with Crippen LogP contribution in [0.3, 0.4) is 0 Å². The summed E-state index contributed by atoms with van der Waals surface area (Å²) >= 11 is 0. The Morgan fingerprint density at radius 2 is 1.11 bits per heavy atom. The van der Waals surface area contributed by atoms with Crippen molar-refractivity contribution in [2.75, 3.05) is 0 Å². The van der Waals surface area contributed by atoms with Crippen molar-refractivity contribution in [3.8, 4) is 58.0 Å². The van der Waals surface area contributed by atoms with Crippen LogP contribution < -0.4 is 0 Å². The number of hydrogen-bond acceptors (Lipinski definition) is 8. The number of nitriles is 4. The van der Waals surface area contributed by atoms with E-state index < -0.39 is 0 Å². The lowest BCUT2D eigenvalue weighted by Crippen LogP contribution is -2.32. The van der Waals surface area contributed by atoms with Crippen LogP contribution in [-0.2, 0) is 6.54 Å². The predicted molar refractivity (Wildman–Crippen MR) is 280 cm³/mol. The van der Waals surface area contributed by atoms with Gasteiger partial charge in [0.25, 0.3) is 0 Å². The van der Waals surface area contributed by atoms with Crippen LogP contribution in [0, 0.1) is 45.3 Å². The number of nitrogens with zero attached hydrogens (tertiary/aromatic N) is 9. The number of para-hydroxylation sites is 2. The molecule has 2 aliphatic rings. The molecule has 7 aromatic carbocycles. The molecule has 0 fully saturated rings. The fraction of sp³-hybridized carbons (Fsp3) is 0.0484. The number of benzene rings is 7. The molecule has 1 aliphatic heterocycles. The topological polar surface area (TPSA) is 141 Å². The van der Waals surface area contributed by atoms with Crippen LogP contribution in [0.1, 0.15) is 58.0 Å². The Labute approximate surface area is 410 Å². The maximum absolute atomic E-state index is 9.71. The minimum atomic E-state index is 0.557. The van der Waals surface area contributed by atoms with Crippen LogP contribution >= 0.6 is 0 Å². The standard InChI is InChI=1S/C62H39N9/c1-40(45-20-13-42(36-64)14-21-45)58(49-23-16-43(37-65)17-24-49)70-39-53-8-2-4-11-55(53)67-60(70)51-31-27-46(28-32-51)47-29-33-52(34-30-47)61-68-56-12-5-3-10-54(56)62-69-57(48-9-6-7-41(35-63)15-22-48)59(71(61)62)50-25-18-44(38-66)19-26-50/h2-5,7-34H,6,39H2,1H3/b58-40+. The average Bonchev–Trinajstić information content (AvgIpc) is 3.68. The molecule has 0 amide bonds. The highest BCUT2D eigenvalue weighted by molar-refractivity contribution is 6.09. The van der Waals surface area contributed by atoms with Gasteiger partial charge in [-0.2, -0.15) is 21.0 Å². The van der Waals surface area contributed by atoms with Crippen molar-refractivity contribution in [2.24, 2.45) is 4.99 Å². The Bertz CT molecular complexity index is 3930.